The maximum atomic E-state index is 13.4. The molecule has 0 saturated heterocycles. The van der Waals surface area contributed by atoms with E-state index in [1.165, 1.54) is 94.5 Å². The zero-order valence-corrected chi connectivity index (χ0v) is 21.2. The summed E-state index contributed by atoms with van der Waals surface area (Å²) in [6.07, 6.45) is 15.0. The fraction of sp³-hybridized carbons (Fsp3) is 0.600. The molecule has 1 nitrogen and oxygen atoms in total. The van der Waals surface area contributed by atoms with E-state index in [0.717, 1.165) is 36.3 Å². The predicted octanol–water partition coefficient (Wildman–Crippen LogP) is 9.99. The van der Waals surface area contributed by atoms with Crippen molar-refractivity contribution in [3.05, 3.63) is 54.1 Å². The summed E-state index contributed by atoms with van der Waals surface area (Å²) in [5.41, 5.74) is 1.04. The standard InChI is InChI=1S/C17H31F.C13H8F4O/c1-2-3-14-4-8-16(9-5-14)17-10-6-15(7-11-17)12-13-18;14-10-4-1-8(2-5-10)9-3-6-12(11(15)7-9)18-13(16)17/h14-17H,2-13H2,1H3;1-7,13H. The molecule has 0 N–H and O–H groups in total. The highest BCUT2D eigenvalue weighted by Gasteiger charge is 2.30. The van der Waals surface area contributed by atoms with Crippen LogP contribution in [-0.4, -0.2) is 13.3 Å². The minimum absolute atomic E-state index is 0.0997. The lowest BCUT2D eigenvalue weighted by molar-refractivity contribution is -0.0521. The number of hydrogen-bond donors (Lipinski definition) is 0. The summed E-state index contributed by atoms with van der Waals surface area (Å²) in [6.45, 7) is -0.855. The molecule has 0 amide bonds. The van der Waals surface area contributed by atoms with Crippen LogP contribution < -0.4 is 4.74 Å². The van der Waals surface area contributed by atoms with Gasteiger partial charge in [-0.3, -0.25) is 4.39 Å². The van der Waals surface area contributed by atoms with Crippen molar-refractivity contribution in [3.8, 4) is 16.9 Å². The van der Waals surface area contributed by atoms with Crippen LogP contribution in [0.3, 0.4) is 0 Å². The van der Waals surface area contributed by atoms with E-state index < -0.39 is 24.0 Å². The van der Waals surface area contributed by atoms with Crippen molar-refractivity contribution >= 4 is 0 Å². The quantitative estimate of drug-likeness (QED) is 0.321. The highest BCUT2D eigenvalue weighted by molar-refractivity contribution is 5.64. The monoisotopic (exact) mass is 510 g/mol. The molecule has 4 rings (SSSR count). The van der Waals surface area contributed by atoms with Gasteiger partial charge in [-0.2, -0.15) is 8.78 Å². The van der Waals surface area contributed by atoms with Crippen LogP contribution in [0, 0.1) is 35.3 Å². The number of alkyl halides is 3. The molecule has 0 heterocycles. The second kappa shape index (κ2) is 14.6. The van der Waals surface area contributed by atoms with E-state index in [4.69, 9.17) is 0 Å². The normalized spacial score (nSPS) is 24.2. The average molecular weight is 511 g/mol. The Morgan fingerprint density at radius 3 is 1.75 bits per heavy atom. The van der Waals surface area contributed by atoms with Gasteiger partial charge in [0, 0.05) is 0 Å². The average Bonchev–Trinajstić information content (AvgIpc) is 2.87. The van der Waals surface area contributed by atoms with Gasteiger partial charge in [0.15, 0.2) is 11.6 Å². The van der Waals surface area contributed by atoms with Crippen molar-refractivity contribution in [2.24, 2.45) is 23.7 Å². The van der Waals surface area contributed by atoms with Crippen LogP contribution in [0.2, 0.25) is 0 Å². The number of hydrogen-bond acceptors (Lipinski definition) is 1. The van der Waals surface area contributed by atoms with Gasteiger partial charge < -0.3 is 4.74 Å². The summed E-state index contributed by atoms with van der Waals surface area (Å²) in [7, 11) is 0. The molecular formula is C30H39F5O. The van der Waals surface area contributed by atoms with Crippen LogP contribution in [0.1, 0.15) is 77.6 Å². The van der Waals surface area contributed by atoms with Gasteiger partial charge in [-0.05, 0) is 91.2 Å². The van der Waals surface area contributed by atoms with Crippen LogP contribution in [0.25, 0.3) is 11.1 Å². The molecule has 2 aliphatic carbocycles. The Labute approximate surface area is 212 Å². The summed E-state index contributed by atoms with van der Waals surface area (Å²) >= 11 is 0. The first-order chi connectivity index (χ1) is 17.4. The van der Waals surface area contributed by atoms with Gasteiger partial charge in [0.25, 0.3) is 0 Å². The SMILES string of the molecule is CCCC1CCC(C2CCC(CCF)CC2)CC1.Fc1ccc(-c2ccc(OC(F)F)c(F)c2)cc1. The lowest BCUT2D eigenvalue weighted by atomic mass is 9.68. The number of halogens is 5. The third-order valence-corrected chi connectivity index (χ3v) is 7.99. The molecule has 2 aromatic rings. The van der Waals surface area contributed by atoms with Crippen LogP contribution in [-0.2, 0) is 0 Å². The van der Waals surface area contributed by atoms with E-state index in [0.29, 0.717) is 17.0 Å². The van der Waals surface area contributed by atoms with E-state index in [2.05, 4.69) is 11.7 Å². The Balaban J connectivity index is 0.000000201. The third kappa shape index (κ3) is 8.77. The van der Waals surface area contributed by atoms with Crippen molar-refractivity contribution in [1.29, 1.82) is 0 Å². The molecule has 0 aliphatic heterocycles. The van der Waals surface area contributed by atoms with E-state index in [1.807, 2.05) is 0 Å². The predicted molar refractivity (Wildman–Crippen MR) is 135 cm³/mol. The molecule has 2 saturated carbocycles. The highest BCUT2D eigenvalue weighted by Crippen LogP contribution is 2.42. The smallest absolute Gasteiger partial charge is 0.387 e. The summed E-state index contributed by atoms with van der Waals surface area (Å²) in [5, 5.41) is 0. The minimum Gasteiger partial charge on any atom is -0.432 e. The van der Waals surface area contributed by atoms with Gasteiger partial charge >= 0.3 is 6.61 Å². The summed E-state index contributed by atoms with van der Waals surface area (Å²) in [6, 6.07) is 9.00. The van der Waals surface area contributed by atoms with Crippen molar-refractivity contribution in [2.45, 2.75) is 84.2 Å². The van der Waals surface area contributed by atoms with Crippen LogP contribution in [0.15, 0.2) is 42.5 Å². The molecule has 2 aliphatic rings. The molecule has 2 aromatic carbocycles. The molecule has 36 heavy (non-hydrogen) atoms. The molecule has 0 bridgehead atoms. The molecule has 0 spiro atoms. The largest absolute Gasteiger partial charge is 0.432 e. The van der Waals surface area contributed by atoms with Crippen LogP contribution >= 0.6 is 0 Å². The number of ether oxygens (including phenoxy) is 1. The van der Waals surface area contributed by atoms with Crippen LogP contribution in [0.4, 0.5) is 22.0 Å². The van der Waals surface area contributed by atoms with E-state index >= 15 is 0 Å². The molecule has 0 unspecified atom stereocenters. The first kappa shape index (κ1) is 28.5. The molecule has 6 heteroatoms. The molecule has 0 atom stereocenters. The molecule has 200 valence electrons. The fourth-order valence-corrected chi connectivity index (χ4v) is 5.97. The van der Waals surface area contributed by atoms with Crippen molar-refractivity contribution in [1.82, 2.24) is 0 Å². The molecular weight excluding hydrogens is 471 g/mol. The Bertz CT molecular complexity index is 861. The van der Waals surface area contributed by atoms with E-state index in [1.54, 1.807) is 0 Å². The van der Waals surface area contributed by atoms with E-state index in [-0.39, 0.29) is 6.67 Å². The van der Waals surface area contributed by atoms with Gasteiger partial charge in [-0.1, -0.05) is 63.6 Å². The number of rotatable bonds is 8. The third-order valence-electron chi connectivity index (χ3n) is 7.99. The maximum absolute atomic E-state index is 13.4. The second-order valence-electron chi connectivity index (χ2n) is 10.4. The summed E-state index contributed by atoms with van der Waals surface area (Å²) in [5.74, 6) is 1.94. The van der Waals surface area contributed by atoms with E-state index in [9.17, 15) is 22.0 Å². The van der Waals surface area contributed by atoms with Crippen molar-refractivity contribution in [2.75, 3.05) is 6.67 Å². The Morgan fingerprint density at radius 1 is 0.750 bits per heavy atom. The fourth-order valence-electron chi connectivity index (χ4n) is 5.97. The second-order valence-corrected chi connectivity index (χ2v) is 10.4. The summed E-state index contributed by atoms with van der Waals surface area (Å²) < 4.78 is 66.4. The minimum atomic E-state index is -3.07. The first-order valence-corrected chi connectivity index (χ1v) is 13.5. The lowest BCUT2D eigenvalue weighted by Crippen LogP contribution is -2.26. The molecule has 2 fully saturated rings. The Hall–Kier alpha value is -2.11. The first-order valence-electron chi connectivity index (χ1n) is 13.5. The molecule has 0 aromatic heterocycles. The zero-order chi connectivity index (χ0) is 25.9. The van der Waals surface area contributed by atoms with Gasteiger partial charge in [-0.25, -0.2) is 8.78 Å². The molecule has 0 radical (unpaired) electrons. The van der Waals surface area contributed by atoms with Gasteiger partial charge in [0.2, 0.25) is 0 Å². The Kier molecular flexibility index (Phi) is 11.5. The van der Waals surface area contributed by atoms with Gasteiger partial charge in [0.1, 0.15) is 5.82 Å². The highest BCUT2D eigenvalue weighted by atomic mass is 19.3. The number of benzene rings is 2. The topological polar surface area (TPSA) is 9.23 Å². The lowest BCUT2D eigenvalue weighted by Gasteiger charge is -2.37. The van der Waals surface area contributed by atoms with Gasteiger partial charge in [0.05, 0.1) is 6.67 Å². The summed E-state index contributed by atoms with van der Waals surface area (Å²) in [4.78, 5) is 0. The van der Waals surface area contributed by atoms with Crippen molar-refractivity contribution < 1.29 is 26.7 Å². The maximum Gasteiger partial charge on any atom is 0.387 e. The Morgan fingerprint density at radius 2 is 1.28 bits per heavy atom. The zero-order valence-electron chi connectivity index (χ0n) is 21.2. The van der Waals surface area contributed by atoms with Gasteiger partial charge in [-0.15, -0.1) is 0 Å². The van der Waals surface area contributed by atoms with Crippen molar-refractivity contribution in [3.63, 3.8) is 0 Å². The van der Waals surface area contributed by atoms with Crippen LogP contribution in [0.5, 0.6) is 5.75 Å².